The van der Waals surface area contributed by atoms with Crippen molar-refractivity contribution < 1.29 is 0 Å². The number of rotatable bonds is 4. The molecule has 252 valence electrons. The molecule has 1 aliphatic heterocycles. The van der Waals surface area contributed by atoms with E-state index in [-0.39, 0.29) is 0 Å². The first-order valence-corrected chi connectivity index (χ1v) is 18.6. The van der Waals surface area contributed by atoms with Gasteiger partial charge in [-0.3, -0.25) is 0 Å². The zero-order valence-electron chi connectivity index (χ0n) is 29.3. The fourth-order valence-corrected chi connectivity index (χ4v) is 9.08. The second-order valence-corrected chi connectivity index (χ2v) is 14.4. The van der Waals surface area contributed by atoms with Gasteiger partial charge in [-0.1, -0.05) is 121 Å². The highest BCUT2D eigenvalue weighted by Crippen LogP contribution is 2.43. The van der Waals surface area contributed by atoms with Gasteiger partial charge in [-0.15, -0.1) is 0 Å². The van der Waals surface area contributed by atoms with Gasteiger partial charge in [0.05, 0.1) is 39.6 Å². The molecule has 0 N–H and O–H groups in total. The summed E-state index contributed by atoms with van der Waals surface area (Å²) in [5, 5.41) is 4.99. The number of nitrogens with zero attached hydrogens (tertiary/aromatic N) is 4. The standard InChI is InChI=1S/C50H32N4/c1-3-13-32(14-4-1)50-51-44-30-37(29-43-38-18-8-7-15-35(38)31-52(50)49(43)44)54-46-22-12-10-20-40(46)42-28-34(24-26-48(42)54)33-23-25-47-41(27-33)39-19-9-11-21-45(39)53(47)36-16-5-2-6-17-36/h1-30H,31H2. The lowest BCUT2D eigenvalue weighted by Gasteiger charge is -2.21. The highest BCUT2D eigenvalue weighted by atomic mass is 15.1. The van der Waals surface area contributed by atoms with E-state index in [0.717, 1.165) is 29.1 Å². The van der Waals surface area contributed by atoms with Gasteiger partial charge in [-0.25, -0.2) is 4.98 Å². The Morgan fingerprint density at radius 2 is 0.944 bits per heavy atom. The van der Waals surface area contributed by atoms with Gasteiger partial charge in [0.25, 0.3) is 0 Å². The van der Waals surface area contributed by atoms with E-state index in [9.17, 15) is 0 Å². The van der Waals surface area contributed by atoms with Crippen molar-refractivity contribution in [1.82, 2.24) is 18.7 Å². The lowest BCUT2D eigenvalue weighted by Crippen LogP contribution is -2.09. The summed E-state index contributed by atoms with van der Waals surface area (Å²) in [6.07, 6.45) is 0. The maximum absolute atomic E-state index is 5.34. The van der Waals surface area contributed by atoms with Crippen LogP contribution in [0.15, 0.2) is 182 Å². The summed E-state index contributed by atoms with van der Waals surface area (Å²) >= 11 is 0. The molecular formula is C50H32N4. The zero-order chi connectivity index (χ0) is 35.3. The number of fused-ring (bicyclic) bond motifs is 8. The third-order valence-electron chi connectivity index (χ3n) is 11.4. The summed E-state index contributed by atoms with van der Waals surface area (Å²) in [5.74, 6) is 1.01. The van der Waals surface area contributed by atoms with E-state index in [1.807, 2.05) is 0 Å². The van der Waals surface area contributed by atoms with Crippen LogP contribution in [0.2, 0.25) is 0 Å². The van der Waals surface area contributed by atoms with Crippen LogP contribution in [0.25, 0.3) is 99.7 Å². The molecule has 0 amide bonds. The monoisotopic (exact) mass is 688 g/mol. The lowest BCUT2D eigenvalue weighted by molar-refractivity contribution is 0.827. The van der Waals surface area contributed by atoms with Crippen molar-refractivity contribution in [3.63, 3.8) is 0 Å². The van der Waals surface area contributed by atoms with Crippen molar-refractivity contribution in [1.29, 1.82) is 0 Å². The summed E-state index contributed by atoms with van der Waals surface area (Å²) in [6, 6.07) is 66.2. The Kier molecular flexibility index (Phi) is 6.08. The average Bonchev–Trinajstić information content (AvgIpc) is 3.89. The minimum Gasteiger partial charge on any atom is -0.319 e. The number of aromatic nitrogens is 4. The SMILES string of the molecule is c1ccc(-c2nc3cc(-n4c5ccccc5c5cc(-c6ccc7c(c6)c6ccccc6n7-c6ccccc6)ccc54)cc4c3n2Cc2ccccc2-4)cc1. The Hall–Kier alpha value is -7.17. The number of benzene rings is 8. The molecule has 4 nitrogen and oxygen atoms in total. The topological polar surface area (TPSA) is 27.7 Å². The van der Waals surface area contributed by atoms with Crippen molar-refractivity contribution in [3.8, 4) is 45.0 Å². The third kappa shape index (κ3) is 4.16. The van der Waals surface area contributed by atoms with Gasteiger partial charge < -0.3 is 13.7 Å². The van der Waals surface area contributed by atoms with E-state index in [4.69, 9.17) is 4.98 Å². The first-order chi connectivity index (χ1) is 26.8. The summed E-state index contributed by atoms with van der Waals surface area (Å²) in [6.45, 7) is 0.806. The molecule has 0 radical (unpaired) electrons. The fraction of sp³-hybridized carbons (Fsp3) is 0.0200. The molecular weight excluding hydrogens is 657 g/mol. The van der Waals surface area contributed by atoms with Crippen molar-refractivity contribution in [3.05, 3.63) is 188 Å². The van der Waals surface area contributed by atoms with Gasteiger partial charge in [-0.2, -0.15) is 0 Å². The van der Waals surface area contributed by atoms with E-state index >= 15 is 0 Å². The summed E-state index contributed by atoms with van der Waals surface area (Å²) in [4.78, 5) is 5.34. The molecule has 0 saturated carbocycles. The molecule has 1 aliphatic rings. The Morgan fingerprint density at radius 3 is 1.63 bits per heavy atom. The molecule has 0 fully saturated rings. The molecule has 0 unspecified atom stereocenters. The molecule has 54 heavy (non-hydrogen) atoms. The highest BCUT2D eigenvalue weighted by molar-refractivity contribution is 6.13. The van der Waals surface area contributed by atoms with E-state index in [1.54, 1.807) is 0 Å². The van der Waals surface area contributed by atoms with E-state index < -0.39 is 0 Å². The zero-order valence-corrected chi connectivity index (χ0v) is 29.3. The highest BCUT2D eigenvalue weighted by Gasteiger charge is 2.25. The second-order valence-electron chi connectivity index (χ2n) is 14.4. The number of hydrogen-bond acceptors (Lipinski definition) is 1. The molecule has 0 aliphatic carbocycles. The van der Waals surface area contributed by atoms with Crippen LogP contribution < -0.4 is 0 Å². The summed E-state index contributed by atoms with van der Waals surface area (Å²) in [7, 11) is 0. The molecule has 4 heterocycles. The predicted octanol–water partition coefficient (Wildman–Crippen LogP) is 12.6. The molecule has 3 aromatic heterocycles. The first-order valence-electron chi connectivity index (χ1n) is 18.6. The Labute approximate surface area is 311 Å². The Balaban J connectivity index is 1.07. The van der Waals surface area contributed by atoms with Gasteiger partial charge in [-0.05, 0) is 82.9 Å². The second kappa shape index (κ2) is 11.2. The minimum absolute atomic E-state index is 0.806. The molecule has 0 saturated heterocycles. The summed E-state index contributed by atoms with van der Waals surface area (Å²) in [5.41, 5.74) is 16.7. The summed E-state index contributed by atoms with van der Waals surface area (Å²) < 4.78 is 7.21. The molecule has 0 atom stereocenters. The van der Waals surface area contributed by atoms with E-state index in [0.29, 0.717) is 0 Å². The fourth-order valence-electron chi connectivity index (χ4n) is 9.08. The van der Waals surface area contributed by atoms with Crippen LogP contribution in [-0.4, -0.2) is 18.7 Å². The molecule has 8 aromatic carbocycles. The molecule has 4 heteroatoms. The number of para-hydroxylation sites is 3. The quantitative estimate of drug-likeness (QED) is 0.181. The van der Waals surface area contributed by atoms with Gasteiger partial charge in [0, 0.05) is 44.0 Å². The first kappa shape index (κ1) is 29.4. The van der Waals surface area contributed by atoms with Crippen LogP contribution in [0.4, 0.5) is 0 Å². The molecule has 0 spiro atoms. The van der Waals surface area contributed by atoms with Gasteiger partial charge >= 0.3 is 0 Å². The van der Waals surface area contributed by atoms with Crippen LogP contribution in [0, 0.1) is 0 Å². The van der Waals surface area contributed by atoms with Crippen LogP contribution in [-0.2, 0) is 6.54 Å². The lowest BCUT2D eigenvalue weighted by atomic mass is 9.94. The van der Waals surface area contributed by atoms with Crippen molar-refractivity contribution in [2.75, 3.05) is 0 Å². The van der Waals surface area contributed by atoms with Crippen LogP contribution in [0.5, 0.6) is 0 Å². The smallest absolute Gasteiger partial charge is 0.141 e. The van der Waals surface area contributed by atoms with Crippen LogP contribution >= 0.6 is 0 Å². The Bertz CT molecular complexity index is 3290. The van der Waals surface area contributed by atoms with Crippen LogP contribution in [0.1, 0.15) is 5.56 Å². The molecule has 11 aromatic rings. The van der Waals surface area contributed by atoms with Crippen molar-refractivity contribution in [2.24, 2.45) is 0 Å². The molecule has 12 rings (SSSR count). The maximum Gasteiger partial charge on any atom is 0.141 e. The van der Waals surface area contributed by atoms with Gasteiger partial charge in [0.2, 0.25) is 0 Å². The number of hydrogen-bond donors (Lipinski definition) is 0. The van der Waals surface area contributed by atoms with Crippen LogP contribution in [0.3, 0.4) is 0 Å². The van der Waals surface area contributed by atoms with E-state index in [1.165, 1.54) is 82.6 Å². The minimum atomic E-state index is 0.806. The molecule has 0 bridgehead atoms. The largest absolute Gasteiger partial charge is 0.319 e. The van der Waals surface area contributed by atoms with Gasteiger partial charge in [0.1, 0.15) is 5.82 Å². The van der Waals surface area contributed by atoms with Gasteiger partial charge in [0.15, 0.2) is 0 Å². The predicted molar refractivity (Wildman–Crippen MR) is 224 cm³/mol. The van der Waals surface area contributed by atoms with Crippen molar-refractivity contribution in [2.45, 2.75) is 6.54 Å². The van der Waals surface area contributed by atoms with Crippen molar-refractivity contribution >= 4 is 54.6 Å². The van der Waals surface area contributed by atoms with E-state index in [2.05, 4.69) is 196 Å². The number of imidazole rings is 1. The average molecular weight is 689 g/mol. The third-order valence-corrected chi connectivity index (χ3v) is 11.4. The maximum atomic E-state index is 5.34. The normalized spacial score (nSPS) is 12.4. The Morgan fingerprint density at radius 1 is 0.389 bits per heavy atom.